The van der Waals surface area contributed by atoms with Gasteiger partial charge in [-0.1, -0.05) is 6.92 Å². The van der Waals surface area contributed by atoms with Crippen LogP contribution in [0.3, 0.4) is 0 Å². The lowest BCUT2D eigenvalue weighted by atomic mass is 10.0. The molecule has 0 spiro atoms. The Bertz CT molecular complexity index is 848. The third kappa shape index (κ3) is 3.00. The number of hydrogen-bond acceptors (Lipinski definition) is 5. The molecule has 23 heavy (non-hydrogen) atoms. The van der Waals surface area contributed by atoms with Crippen LogP contribution in [-0.2, 0) is 0 Å². The van der Waals surface area contributed by atoms with Crippen LogP contribution in [0.25, 0.3) is 22.0 Å². The van der Waals surface area contributed by atoms with Crippen LogP contribution in [0.15, 0.2) is 36.8 Å². The highest BCUT2D eigenvalue weighted by Gasteiger charge is 2.10. The Hall–Kier alpha value is -2.53. The maximum atomic E-state index is 9.92. The van der Waals surface area contributed by atoms with Crippen molar-refractivity contribution < 1.29 is 5.11 Å². The van der Waals surface area contributed by atoms with E-state index in [4.69, 9.17) is 0 Å². The Morgan fingerprint density at radius 1 is 1.09 bits per heavy atom. The fourth-order valence-corrected chi connectivity index (χ4v) is 2.58. The van der Waals surface area contributed by atoms with Gasteiger partial charge in [-0.3, -0.25) is 9.97 Å². The summed E-state index contributed by atoms with van der Waals surface area (Å²) >= 11 is 0. The third-order valence-corrected chi connectivity index (χ3v) is 3.99. The summed E-state index contributed by atoms with van der Waals surface area (Å²) in [5, 5.41) is 13.9. The molecule has 0 fully saturated rings. The first-order valence-electron chi connectivity index (χ1n) is 7.71. The van der Waals surface area contributed by atoms with E-state index in [0.717, 1.165) is 33.4 Å². The van der Waals surface area contributed by atoms with E-state index in [1.165, 1.54) is 0 Å². The largest absolute Gasteiger partial charge is 0.387 e. The predicted octanol–water partition coefficient (Wildman–Crippen LogP) is 3.49. The Labute approximate surface area is 135 Å². The molecule has 0 aliphatic carbocycles. The summed E-state index contributed by atoms with van der Waals surface area (Å²) in [4.78, 5) is 13.2. The van der Waals surface area contributed by atoms with E-state index in [2.05, 4.69) is 26.3 Å². The van der Waals surface area contributed by atoms with Crippen LogP contribution < -0.4 is 5.32 Å². The normalized spacial score (nSPS) is 12.3. The minimum Gasteiger partial charge on any atom is -0.387 e. The van der Waals surface area contributed by atoms with Crippen molar-refractivity contribution in [3.05, 3.63) is 48.0 Å². The molecular weight excluding hydrogens is 288 g/mol. The highest BCUT2D eigenvalue weighted by molar-refractivity contribution is 5.84. The third-order valence-electron chi connectivity index (χ3n) is 3.99. The number of fused-ring (bicyclic) bond motifs is 1. The first kappa shape index (κ1) is 15.4. The Balaban J connectivity index is 2.03. The number of anilines is 1. The van der Waals surface area contributed by atoms with E-state index in [9.17, 15) is 5.11 Å². The molecule has 0 bridgehead atoms. The van der Waals surface area contributed by atoms with Crippen LogP contribution in [0.4, 0.5) is 5.82 Å². The number of aliphatic hydroxyl groups excluding tert-OH is 1. The quantitative estimate of drug-likeness (QED) is 0.772. The van der Waals surface area contributed by atoms with Crippen molar-refractivity contribution in [2.45, 2.75) is 26.4 Å². The zero-order valence-electron chi connectivity index (χ0n) is 13.5. The second-order valence-electron chi connectivity index (χ2n) is 5.58. The number of pyridine rings is 3. The Morgan fingerprint density at radius 3 is 2.61 bits per heavy atom. The number of hydrogen-bond donors (Lipinski definition) is 2. The average Bonchev–Trinajstić information content (AvgIpc) is 2.60. The summed E-state index contributed by atoms with van der Waals surface area (Å²) in [6, 6.07) is 5.93. The van der Waals surface area contributed by atoms with Gasteiger partial charge < -0.3 is 10.4 Å². The van der Waals surface area contributed by atoms with Crippen LogP contribution in [0.2, 0.25) is 0 Å². The van der Waals surface area contributed by atoms with Crippen LogP contribution in [0.1, 0.15) is 30.7 Å². The van der Waals surface area contributed by atoms with Crippen molar-refractivity contribution in [1.29, 1.82) is 0 Å². The number of nitrogens with zero attached hydrogens (tertiary/aromatic N) is 3. The van der Waals surface area contributed by atoms with Crippen LogP contribution in [0, 0.1) is 6.92 Å². The van der Waals surface area contributed by atoms with Gasteiger partial charge in [0.1, 0.15) is 5.82 Å². The molecule has 3 rings (SSSR count). The van der Waals surface area contributed by atoms with Gasteiger partial charge >= 0.3 is 0 Å². The fourth-order valence-electron chi connectivity index (χ4n) is 2.58. The molecule has 3 aromatic rings. The molecule has 1 atom stereocenters. The van der Waals surface area contributed by atoms with Crippen molar-refractivity contribution >= 4 is 16.7 Å². The number of aliphatic hydroxyl groups is 1. The SMILES string of the molecule is CC[C@@H](O)c1cc(C)c(-c2cnc3cc(NC)ncc3c2)cn1. The highest BCUT2D eigenvalue weighted by Crippen LogP contribution is 2.27. The van der Waals surface area contributed by atoms with E-state index in [1.54, 1.807) is 0 Å². The van der Waals surface area contributed by atoms with Crippen molar-refractivity contribution in [2.24, 2.45) is 0 Å². The van der Waals surface area contributed by atoms with Gasteiger partial charge in [-0.05, 0) is 31.0 Å². The first-order chi connectivity index (χ1) is 11.1. The predicted molar refractivity (Wildman–Crippen MR) is 92.3 cm³/mol. The van der Waals surface area contributed by atoms with Crippen molar-refractivity contribution in [1.82, 2.24) is 15.0 Å². The summed E-state index contributed by atoms with van der Waals surface area (Å²) < 4.78 is 0. The molecule has 5 heteroatoms. The van der Waals surface area contributed by atoms with Crippen LogP contribution in [0.5, 0.6) is 0 Å². The van der Waals surface area contributed by atoms with E-state index in [0.29, 0.717) is 12.1 Å². The molecule has 0 amide bonds. The van der Waals surface area contributed by atoms with Gasteiger partial charge in [0.15, 0.2) is 0 Å². The van der Waals surface area contributed by atoms with E-state index >= 15 is 0 Å². The van der Waals surface area contributed by atoms with Gasteiger partial charge in [-0.2, -0.15) is 0 Å². The fraction of sp³-hybridized carbons (Fsp3) is 0.278. The Kier molecular flexibility index (Phi) is 4.21. The van der Waals surface area contributed by atoms with Crippen molar-refractivity contribution in [2.75, 3.05) is 12.4 Å². The summed E-state index contributed by atoms with van der Waals surface area (Å²) in [5.74, 6) is 0.800. The van der Waals surface area contributed by atoms with E-state index in [1.807, 2.05) is 51.6 Å². The molecule has 3 aromatic heterocycles. The van der Waals surface area contributed by atoms with Gasteiger partial charge in [-0.25, -0.2) is 4.98 Å². The summed E-state index contributed by atoms with van der Waals surface area (Å²) in [6.45, 7) is 3.96. The zero-order chi connectivity index (χ0) is 16.4. The summed E-state index contributed by atoms with van der Waals surface area (Å²) in [7, 11) is 1.84. The van der Waals surface area contributed by atoms with Gasteiger partial charge in [-0.15, -0.1) is 0 Å². The molecular formula is C18H20N4O. The lowest BCUT2D eigenvalue weighted by Crippen LogP contribution is -2.00. The average molecular weight is 308 g/mol. The Morgan fingerprint density at radius 2 is 1.91 bits per heavy atom. The molecule has 0 aliphatic heterocycles. The van der Waals surface area contributed by atoms with E-state index in [-0.39, 0.29) is 0 Å². The monoisotopic (exact) mass is 308 g/mol. The molecule has 0 aromatic carbocycles. The molecule has 0 unspecified atom stereocenters. The molecule has 0 radical (unpaired) electrons. The van der Waals surface area contributed by atoms with Crippen LogP contribution in [-0.4, -0.2) is 27.1 Å². The van der Waals surface area contributed by atoms with Gasteiger partial charge in [0, 0.05) is 48.2 Å². The van der Waals surface area contributed by atoms with Gasteiger partial charge in [0.25, 0.3) is 0 Å². The van der Waals surface area contributed by atoms with Crippen molar-refractivity contribution in [3.63, 3.8) is 0 Å². The minimum absolute atomic E-state index is 0.512. The second-order valence-corrected chi connectivity index (χ2v) is 5.58. The molecule has 3 heterocycles. The molecule has 0 saturated carbocycles. The smallest absolute Gasteiger partial charge is 0.127 e. The van der Waals surface area contributed by atoms with E-state index < -0.39 is 6.10 Å². The molecule has 118 valence electrons. The lowest BCUT2D eigenvalue weighted by molar-refractivity contribution is 0.169. The summed E-state index contributed by atoms with van der Waals surface area (Å²) in [6.07, 6.45) is 5.61. The minimum atomic E-state index is -0.512. The molecule has 0 aliphatic rings. The maximum absolute atomic E-state index is 9.92. The van der Waals surface area contributed by atoms with Gasteiger partial charge in [0.2, 0.25) is 0 Å². The summed E-state index contributed by atoms with van der Waals surface area (Å²) in [5.41, 5.74) is 4.70. The standard InChI is InChI=1S/C18H20N4O/c1-4-17(23)16-5-11(2)14(10-21-16)12-6-13-9-22-18(19-3)7-15(13)20-8-12/h5-10,17,23H,4H2,1-3H3,(H,19,22)/t17-/m1/s1. The first-order valence-corrected chi connectivity index (χ1v) is 7.71. The maximum Gasteiger partial charge on any atom is 0.127 e. The number of nitrogens with one attached hydrogen (secondary N) is 1. The lowest BCUT2D eigenvalue weighted by Gasteiger charge is -2.11. The number of aryl methyl sites for hydroxylation is 1. The topological polar surface area (TPSA) is 70.9 Å². The van der Waals surface area contributed by atoms with Gasteiger partial charge in [0.05, 0.1) is 17.3 Å². The number of aromatic nitrogens is 3. The number of rotatable bonds is 4. The molecule has 0 saturated heterocycles. The highest BCUT2D eigenvalue weighted by atomic mass is 16.3. The molecule has 2 N–H and O–H groups in total. The molecule has 5 nitrogen and oxygen atoms in total. The zero-order valence-corrected chi connectivity index (χ0v) is 13.5. The second kappa shape index (κ2) is 6.30. The van der Waals surface area contributed by atoms with Crippen LogP contribution >= 0.6 is 0 Å². The van der Waals surface area contributed by atoms with Crippen molar-refractivity contribution in [3.8, 4) is 11.1 Å².